The molecule has 1 aromatic heterocycles. The van der Waals surface area contributed by atoms with Crippen LogP contribution >= 0.6 is 0 Å². The number of carbonyl (C=O) groups is 3. The summed E-state index contributed by atoms with van der Waals surface area (Å²) in [4.78, 5) is 37.6. The molecule has 0 spiro atoms. The van der Waals surface area contributed by atoms with Crippen LogP contribution in [0.1, 0.15) is 35.1 Å². The highest BCUT2D eigenvalue weighted by Gasteiger charge is 2.42. The van der Waals surface area contributed by atoms with Crippen LogP contribution in [-0.2, 0) is 16.1 Å². The van der Waals surface area contributed by atoms with E-state index in [1.54, 1.807) is 13.8 Å². The Morgan fingerprint density at radius 1 is 1.04 bits per heavy atom. The molecular weight excluding hydrogens is 353 g/mol. The molecule has 0 radical (unpaired) electrons. The Morgan fingerprint density at radius 3 is 2.15 bits per heavy atom. The zero-order valence-corrected chi connectivity index (χ0v) is 14.9. The maximum atomic E-state index is 12.5. The number of ketones is 1. The van der Waals surface area contributed by atoms with Crippen molar-refractivity contribution in [2.24, 2.45) is 0 Å². The largest absolute Gasteiger partial charge is 0.471 e. The van der Waals surface area contributed by atoms with Gasteiger partial charge in [-0.3, -0.25) is 19.1 Å². The smallest absolute Gasteiger partial charge is 0.339 e. The molecule has 0 aromatic carbocycles. The fraction of sp³-hybridized carbons (Fsp3) is 0.625. The van der Waals surface area contributed by atoms with Crippen molar-refractivity contribution in [2.75, 3.05) is 26.2 Å². The predicted molar refractivity (Wildman–Crippen MR) is 85.5 cm³/mol. The van der Waals surface area contributed by atoms with E-state index in [2.05, 4.69) is 5.10 Å². The molecule has 0 atom stereocenters. The summed E-state index contributed by atoms with van der Waals surface area (Å²) in [7, 11) is 0. The fourth-order valence-electron chi connectivity index (χ4n) is 3.14. The van der Waals surface area contributed by atoms with Crippen molar-refractivity contribution in [3.05, 3.63) is 17.0 Å². The van der Waals surface area contributed by atoms with Crippen LogP contribution < -0.4 is 0 Å². The minimum Gasteiger partial charge on any atom is -0.339 e. The number of alkyl halides is 3. The number of Topliss-reactive ketones (excluding diaryl/α,β-unsaturated/α-hetero) is 1. The Labute approximate surface area is 148 Å². The normalized spacial score (nSPS) is 15.8. The van der Waals surface area contributed by atoms with E-state index in [4.69, 9.17) is 0 Å². The van der Waals surface area contributed by atoms with Crippen LogP contribution in [0.3, 0.4) is 0 Å². The summed E-state index contributed by atoms with van der Waals surface area (Å²) in [5.41, 5.74) is 1.57. The third-order valence-electron chi connectivity index (χ3n) is 4.40. The lowest BCUT2D eigenvalue weighted by atomic mass is 10.1. The summed E-state index contributed by atoms with van der Waals surface area (Å²) in [6, 6.07) is 0. The molecule has 1 aromatic rings. The molecule has 0 bridgehead atoms. The van der Waals surface area contributed by atoms with Crippen LogP contribution in [-0.4, -0.2) is 69.5 Å². The molecule has 0 saturated carbocycles. The van der Waals surface area contributed by atoms with Gasteiger partial charge >= 0.3 is 12.1 Å². The number of amides is 2. The third kappa shape index (κ3) is 4.23. The van der Waals surface area contributed by atoms with Gasteiger partial charge in [0.1, 0.15) is 6.54 Å². The summed E-state index contributed by atoms with van der Waals surface area (Å²) >= 11 is 0. The number of halogens is 3. The maximum Gasteiger partial charge on any atom is 0.471 e. The Balaban J connectivity index is 2.04. The van der Waals surface area contributed by atoms with Gasteiger partial charge < -0.3 is 9.80 Å². The second-order valence-corrected chi connectivity index (χ2v) is 6.28. The van der Waals surface area contributed by atoms with E-state index in [1.165, 1.54) is 16.5 Å². The molecule has 1 fully saturated rings. The van der Waals surface area contributed by atoms with Crippen molar-refractivity contribution in [3.63, 3.8) is 0 Å². The lowest BCUT2D eigenvalue weighted by molar-refractivity contribution is -0.185. The van der Waals surface area contributed by atoms with Gasteiger partial charge in [-0.15, -0.1) is 0 Å². The van der Waals surface area contributed by atoms with Gasteiger partial charge in [-0.05, 0) is 27.2 Å². The molecule has 1 aliphatic rings. The fourth-order valence-corrected chi connectivity index (χ4v) is 3.14. The van der Waals surface area contributed by atoms with Crippen molar-refractivity contribution in [3.8, 4) is 0 Å². The number of nitrogens with zero attached hydrogens (tertiary/aromatic N) is 4. The van der Waals surface area contributed by atoms with E-state index >= 15 is 0 Å². The summed E-state index contributed by atoms with van der Waals surface area (Å²) in [5, 5.41) is 4.20. The lowest BCUT2D eigenvalue weighted by Crippen LogP contribution is -2.43. The molecule has 10 heteroatoms. The van der Waals surface area contributed by atoms with Crippen molar-refractivity contribution in [1.29, 1.82) is 0 Å². The van der Waals surface area contributed by atoms with Crippen molar-refractivity contribution in [1.82, 2.24) is 19.6 Å². The second-order valence-electron chi connectivity index (χ2n) is 6.28. The van der Waals surface area contributed by atoms with Gasteiger partial charge in [0, 0.05) is 31.9 Å². The molecular formula is C16H21F3N4O3. The average molecular weight is 374 g/mol. The summed E-state index contributed by atoms with van der Waals surface area (Å²) in [6.45, 7) is 4.76. The molecule has 0 unspecified atom stereocenters. The zero-order chi connectivity index (χ0) is 19.6. The van der Waals surface area contributed by atoms with Gasteiger partial charge in [-0.1, -0.05) is 0 Å². The van der Waals surface area contributed by atoms with Crippen LogP contribution in [0.15, 0.2) is 0 Å². The molecule has 2 amide bonds. The Kier molecular flexibility index (Phi) is 5.72. The van der Waals surface area contributed by atoms with Gasteiger partial charge in [0.2, 0.25) is 5.91 Å². The van der Waals surface area contributed by atoms with Crippen LogP contribution in [0.25, 0.3) is 0 Å². The van der Waals surface area contributed by atoms with Gasteiger partial charge in [0.15, 0.2) is 5.78 Å². The van der Waals surface area contributed by atoms with Crippen LogP contribution in [0.5, 0.6) is 0 Å². The molecule has 2 rings (SSSR count). The highest BCUT2D eigenvalue weighted by molar-refractivity contribution is 5.96. The Bertz CT molecular complexity index is 727. The van der Waals surface area contributed by atoms with Gasteiger partial charge in [-0.25, -0.2) is 0 Å². The van der Waals surface area contributed by atoms with E-state index in [0.29, 0.717) is 17.0 Å². The summed E-state index contributed by atoms with van der Waals surface area (Å²) in [5.74, 6) is -2.33. The number of rotatable bonds is 3. The monoisotopic (exact) mass is 374 g/mol. The molecule has 144 valence electrons. The Hall–Kier alpha value is -2.39. The molecule has 1 saturated heterocycles. The van der Waals surface area contributed by atoms with E-state index in [1.807, 2.05) is 0 Å². The number of aromatic nitrogens is 2. The molecule has 26 heavy (non-hydrogen) atoms. The van der Waals surface area contributed by atoms with Crippen molar-refractivity contribution < 1.29 is 27.6 Å². The first-order valence-corrected chi connectivity index (χ1v) is 8.21. The maximum absolute atomic E-state index is 12.5. The lowest BCUT2D eigenvalue weighted by Gasteiger charge is -2.23. The number of aryl methyl sites for hydroxylation is 1. The standard InChI is InChI=1S/C16H21F3N4O3/c1-10-14(12(3)24)11(2)23(20-10)9-13(25)21-5-4-6-22(8-7-21)15(26)16(17,18)19/h4-9H2,1-3H3. The molecule has 0 N–H and O–H groups in total. The third-order valence-corrected chi connectivity index (χ3v) is 4.40. The number of carbonyl (C=O) groups excluding carboxylic acids is 3. The highest BCUT2D eigenvalue weighted by Crippen LogP contribution is 2.20. The van der Waals surface area contributed by atoms with E-state index in [-0.39, 0.29) is 50.8 Å². The number of hydrogen-bond acceptors (Lipinski definition) is 4. The predicted octanol–water partition coefficient (Wildman–Crippen LogP) is 1.33. The van der Waals surface area contributed by atoms with Gasteiger partial charge in [0.05, 0.1) is 11.3 Å². The second kappa shape index (κ2) is 7.46. The molecule has 0 aliphatic carbocycles. The minimum absolute atomic E-state index is 0.0273. The minimum atomic E-state index is -4.91. The summed E-state index contributed by atoms with van der Waals surface area (Å²) < 4.78 is 39.1. The summed E-state index contributed by atoms with van der Waals surface area (Å²) in [6.07, 6.45) is -4.64. The zero-order valence-electron chi connectivity index (χ0n) is 14.9. The van der Waals surface area contributed by atoms with Crippen molar-refractivity contribution in [2.45, 2.75) is 39.9 Å². The first-order valence-electron chi connectivity index (χ1n) is 8.21. The molecule has 1 aliphatic heterocycles. The van der Waals surface area contributed by atoms with Crippen LogP contribution in [0.4, 0.5) is 13.2 Å². The SMILES string of the molecule is CC(=O)c1c(C)nn(CC(=O)N2CCCN(C(=O)C(F)(F)F)CC2)c1C. The van der Waals surface area contributed by atoms with E-state index in [0.717, 1.165) is 4.90 Å². The quantitative estimate of drug-likeness (QED) is 0.748. The van der Waals surface area contributed by atoms with Gasteiger partial charge in [-0.2, -0.15) is 18.3 Å². The topological polar surface area (TPSA) is 75.5 Å². The first-order chi connectivity index (χ1) is 12.0. The van der Waals surface area contributed by atoms with E-state index < -0.39 is 12.1 Å². The van der Waals surface area contributed by atoms with Crippen LogP contribution in [0.2, 0.25) is 0 Å². The molecule has 2 heterocycles. The first kappa shape index (κ1) is 19.9. The highest BCUT2D eigenvalue weighted by atomic mass is 19.4. The van der Waals surface area contributed by atoms with Gasteiger partial charge in [0.25, 0.3) is 0 Å². The van der Waals surface area contributed by atoms with Crippen molar-refractivity contribution >= 4 is 17.6 Å². The van der Waals surface area contributed by atoms with E-state index in [9.17, 15) is 27.6 Å². The van der Waals surface area contributed by atoms with Crippen LogP contribution in [0, 0.1) is 13.8 Å². The Morgan fingerprint density at radius 2 is 1.62 bits per heavy atom. The molecule has 7 nitrogen and oxygen atoms in total. The average Bonchev–Trinajstić information content (AvgIpc) is 2.71. The number of hydrogen-bond donors (Lipinski definition) is 0.